The van der Waals surface area contributed by atoms with Gasteiger partial charge in [0.15, 0.2) is 0 Å². The van der Waals surface area contributed by atoms with Gasteiger partial charge in [0, 0.05) is 17.2 Å². The summed E-state index contributed by atoms with van der Waals surface area (Å²) in [6, 6.07) is 7.99. The highest BCUT2D eigenvalue weighted by atomic mass is 32.1. The monoisotopic (exact) mass is 275 g/mol. The van der Waals surface area contributed by atoms with Crippen molar-refractivity contribution in [2.45, 2.75) is 27.2 Å². The first-order valence-corrected chi connectivity index (χ1v) is 6.88. The highest BCUT2D eigenvalue weighted by molar-refractivity contribution is 7.03. The van der Waals surface area contributed by atoms with Crippen LogP contribution in [0.15, 0.2) is 29.4 Å². The number of nitrogens with one attached hydrogen (secondary N) is 2. The molecule has 1 aromatic heterocycles. The minimum Gasteiger partial charge on any atom is -0.273 e. The fraction of sp³-hybridized carbons (Fsp3) is 0.308. The molecule has 0 aliphatic rings. The number of aryl methyl sites for hydroxylation is 1. The van der Waals surface area contributed by atoms with Crippen LogP contribution in [0.3, 0.4) is 0 Å². The smallest absolute Gasteiger partial charge is 0.241 e. The second kappa shape index (κ2) is 5.79. The zero-order chi connectivity index (χ0) is 13.8. The molecule has 0 amide bonds. The van der Waals surface area contributed by atoms with Crippen molar-refractivity contribution in [3.63, 3.8) is 0 Å². The highest BCUT2D eigenvalue weighted by Gasteiger charge is 2.07. The summed E-state index contributed by atoms with van der Waals surface area (Å²) in [5.41, 5.74) is 6.02. The van der Waals surface area contributed by atoms with Gasteiger partial charge in [0.05, 0.1) is 5.69 Å². The summed E-state index contributed by atoms with van der Waals surface area (Å²) in [4.78, 5) is 0.371. The molecule has 100 valence electrons. The summed E-state index contributed by atoms with van der Waals surface area (Å²) >= 11 is 1.14. The standard InChI is InChI=1S/C13H17N5S/c1-4-10(3)15-16-13-17-19-12(14)18(13)11-7-5-9(2)6-8-11/h5-8,14H,4H2,1-3H3,(H,16,17)/b14-12?,15-10-. The Morgan fingerprint density at radius 2 is 2.11 bits per heavy atom. The summed E-state index contributed by atoms with van der Waals surface area (Å²) in [5.74, 6) is 0.576. The lowest BCUT2D eigenvalue weighted by atomic mass is 10.2. The van der Waals surface area contributed by atoms with Gasteiger partial charge in [-0.2, -0.15) is 9.47 Å². The number of anilines is 1. The number of benzene rings is 1. The van der Waals surface area contributed by atoms with Gasteiger partial charge in [-0.3, -0.25) is 9.98 Å². The van der Waals surface area contributed by atoms with Gasteiger partial charge in [-0.1, -0.05) is 24.6 Å². The number of hydrogen-bond acceptors (Lipinski definition) is 5. The van der Waals surface area contributed by atoms with Gasteiger partial charge < -0.3 is 0 Å². The molecule has 6 heteroatoms. The fourth-order valence-corrected chi connectivity index (χ4v) is 2.06. The maximum absolute atomic E-state index is 7.94. The lowest BCUT2D eigenvalue weighted by Crippen LogP contribution is -2.13. The molecule has 0 saturated carbocycles. The Balaban J connectivity index is 2.38. The average Bonchev–Trinajstić information content (AvgIpc) is 2.78. The molecule has 1 heterocycles. The number of aromatic nitrogens is 2. The Labute approximate surface area is 116 Å². The largest absolute Gasteiger partial charge is 0.273 e. The van der Waals surface area contributed by atoms with Crippen molar-refractivity contribution in [3.8, 4) is 5.69 Å². The maximum atomic E-state index is 7.94. The second-order valence-corrected chi connectivity index (χ2v) is 5.05. The molecular formula is C13H17N5S. The summed E-state index contributed by atoms with van der Waals surface area (Å²) in [7, 11) is 0. The van der Waals surface area contributed by atoms with Gasteiger partial charge in [0.1, 0.15) is 0 Å². The van der Waals surface area contributed by atoms with E-state index in [0.717, 1.165) is 29.4 Å². The van der Waals surface area contributed by atoms with E-state index in [9.17, 15) is 0 Å². The van der Waals surface area contributed by atoms with Crippen molar-refractivity contribution in [2.24, 2.45) is 5.10 Å². The van der Waals surface area contributed by atoms with Crippen molar-refractivity contribution < 1.29 is 0 Å². The van der Waals surface area contributed by atoms with Crippen LogP contribution in [-0.2, 0) is 0 Å². The van der Waals surface area contributed by atoms with Crippen LogP contribution < -0.4 is 10.2 Å². The molecule has 5 nitrogen and oxygen atoms in total. The van der Waals surface area contributed by atoms with Crippen LogP contribution in [0.4, 0.5) is 5.95 Å². The Hall–Kier alpha value is -1.95. The maximum Gasteiger partial charge on any atom is 0.241 e. The van der Waals surface area contributed by atoms with E-state index in [4.69, 9.17) is 5.41 Å². The first-order chi connectivity index (χ1) is 9.11. The van der Waals surface area contributed by atoms with Crippen LogP contribution in [0.2, 0.25) is 0 Å². The van der Waals surface area contributed by atoms with Crippen LogP contribution in [0, 0.1) is 12.3 Å². The topological polar surface area (TPSA) is 66.1 Å². The molecule has 0 saturated heterocycles. The molecule has 0 spiro atoms. The third kappa shape index (κ3) is 3.08. The number of rotatable bonds is 4. The quantitative estimate of drug-likeness (QED) is 0.665. The van der Waals surface area contributed by atoms with Gasteiger partial charge in [0.25, 0.3) is 0 Å². The SMILES string of the molecule is CC/C(C)=N\Nc1nsc(=N)n1-c1ccc(C)cc1. The van der Waals surface area contributed by atoms with Crippen molar-refractivity contribution in [3.05, 3.63) is 34.6 Å². The Bertz CT molecular complexity index is 636. The normalized spacial score (nSPS) is 11.6. The highest BCUT2D eigenvalue weighted by Crippen LogP contribution is 2.13. The zero-order valence-electron chi connectivity index (χ0n) is 11.3. The van der Waals surface area contributed by atoms with Crippen molar-refractivity contribution >= 4 is 23.2 Å². The molecule has 2 rings (SSSR count). The molecule has 0 aliphatic carbocycles. The van der Waals surface area contributed by atoms with Crippen LogP contribution in [0.25, 0.3) is 5.69 Å². The van der Waals surface area contributed by atoms with Gasteiger partial charge in [0.2, 0.25) is 10.7 Å². The van der Waals surface area contributed by atoms with Crippen molar-refractivity contribution in [1.29, 1.82) is 5.41 Å². The minimum absolute atomic E-state index is 0.371. The predicted molar refractivity (Wildman–Crippen MR) is 79.1 cm³/mol. The molecule has 0 radical (unpaired) electrons. The molecule has 1 aromatic carbocycles. The molecule has 0 fully saturated rings. The van der Waals surface area contributed by atoms with E-state index < -0.39 is 0 Å². The van der Waals surface area contributed by atoms with E-state index in [0.29, 0.717) is 10.7 Å². The molecule has 0 unspecified atom stereocenters. The first-order valence-electron chi connectivity index (χ1n) is 6.11. The van der Waals surface area contributed by atoms with Gasteiger partial charge in [-0.25, -0.2) is 5.43 Å². The molecule has 0 aliphatic heterocycles. The van der Waals surface area contributed by atoms with E-state index in [1.165, 1.54) is 5.56 Å². The zero-order valence-corrected chi connectivity index (χ0v) is 12.1. The number of nitrogens with zero attached hydrogens (tertiary/aromatic N) is 3. The molecule has 0 atom stereocenters. The number of hydrogen-bond donors (Lipinski definition) is 2. The van der Waals surface area contributed by atoms with Gasteiger partial charge >= 0.3 is 0 Å². The summed E-state index contributed by atoms with van der Waals surface area (Å²) in [6.07, 6.45) is 0.884. The average molecular weight is 275 g/mol. The summed E-state index contributed by atoms with van der Waals surface area (Å²) < 4.78 is 5.97. The first kappa shape index (κ1) is 13.5. The van der Waals surface area contributed by atoms with E-state index >= 15 is 0 Å². The fourth-order valence-electron chi connectivity index (χ4n) is 1.49. The van der Waals surface area contributed by atoms with E-state index in [1.54, 1.807) is 4.57 Å². The second-order valence-electron chi connectivity index (χ2n) is 4.29. The van der Waals surface area contributed by atoms with Crippen LogP contribution in [0.5, 0.6) is 0 Å². The summed E-state index contributed by atoms with van der Waals surface area (Å²) in [5, 5.41) is 12.2. The Kier molecular flexibility index (Phi) is 4.11. The van der Waals surface area contributed by atoms with Crippen molar-refractivity contribution in [1.82, 2.24) is 8.94 Å². The number of hydrazone groups is 1. The van der Waals surface area contributed by atoms with Crippen LogP contribution in [-0.4, -0.2) is 14.7 Å². The Morgan fingerprint density at radius 1 is 1.42 bits per heavy atom. The third-order valence-electron chi connectivity index (χ3n) is 2.78. The lowest BCUT2D eigenvalue weighted by Gasteiger charge is -2.07. The Morgan fingerprint density at radius 3 is 2.74 bits per heavy atom. The van der Waals surface area contributed by atoms with E-state index in [2.05, 4.69) is 14.9 Å². The molecule has 19 heavy (non-hydrogen) atoms. The van der Waals surface area contributed by atoms with Crippen LogP contribution in [0.1, 0.15) is 25.8 Å². The van der Waals surface area contributed by atoms with Gasteiger partial charge in [-0.15, -0.1) is 0 Å². The molecule has 0 bridgehead atoms. The minimum atomic E-state index is 0.371. The van der Waals surface area contributed by atoms with Crippen LogP contribution >= 0.6 is 11.5 Å². The lowest BCUT2D eigenvalue weighted by molar-refractivity contribution is 0.955. The molecular weight excluding hydrogens is 258 g/mol. The predicted octanol–water partition coefficient (Wildman–Crippen LogP) is 2.92. The third-order valence-corrected chi connectivity index (χ3v) is 3.40. The van der Waals surface area contributed by atoms with Crippen molar-refractivity contribution in [2.75, 3.05) is 5.43 Å². The molecule has 2 aromatic rings. The molecule has 2 N–H and O–H groups in total. The summed E-state index contributed by atoms with van der Waals surface area (Å²) in [6.45, 7) is 6.04. The van der Waals surface area contributed by atoms with E-state index in [-0.39, 0.29) is 0 Å². The van der Waals surface area contributed by atoms with Gasteiger partial charge in [-0.05, 0) is 32.4 Å². The van der Waals surface area contributed by atoms with E-state index in [1.807, 2.05) is 45.0 Å².